The van der Waals surface area contributed by atoms with Gasteiger partial charge in [-0.25, -0.2) is 4.39 Å². The van der Waals surface area contributed by atoms with Gasteiger partial charge in [-0.15, -0.1) is 0 Å². The standard InChI is InChI=1S/C16H22ClFN2O/c1-10-6-11(2)9-20(8-10)12(3)16(21)19-15-5-4-13(18)7-14(15)17/h4-5,7,10-12H,6,8-9H2,1-3H3,(H,19,21). The lowest BCUT2D eigenvalue weighted by atomic mass is 9.91. The van der Waals surface area contributed by atoms with Gasteiger partial charge in [0.1, 0.15) is 5.82 Å². The van der Waals surface area contributed by atoms with E-state index in [0.29, 0.717) is 17.5 Å². The minimum absolute atomic E-state index is 0.107. The molecule has 0 bridgehead atoms. The second-order valence-electron chi connectivity index (χ2n) is 6.19. The van der Waals surface area contributed by atoms with Crippen LogP contribution >= 0.6 is 11.6 Å². The van der Waals surface area contributed by atoms with Crippen molar-refractivity contribution < 1.29 is 9.18 Å². The zero-order valence-corrected chi connectivity index (χ0v) is 13.5. The Morgan fingerprint density at radius 3 is 2.57 bits per heavy atom. The predicted molar refractivity (Wildman–Crippen MR) is 84.0 cm³/mol. The van der Waals surface area contributed by atoms with E-state index in [0.717, 1.165) is 13.1 Å². The van der Waals surface area contributed by atoms with E-state index in [1.54, 1.807) is 0 Å². The number of nitrogens with zero attached hydrogens (tertiary/aromatic N) is 1. The molecule has 1 N–H and O–H groups in total. The molecule has 1 aromatic rings. The number of anilines is 1. The average Bonchev–Trinajstić information content (AvgIpc) is 2.40. The van der Waals surface area contributed by atoms with Crippen LogP contribution in [0.5, 0.6) is 0 Å². The van der Waals surface area contributed by atoms with Gasteiger partial charge in [0.15, 0.2) is 0 Å². The fourth-order valence-electron chi connectivity index (χ4n) is 3.02. The van der Waals surface area contributed by atoms with Crippen LogP contribution in [0.2, 0.25) is 5.02 Å². The van der Waals surface area contributed by atoms with Gasteiger partial charge in [0.2, 0.25) is 5.91 Å². The zero-order valence-electron chi connectivity index (χ0n) is 12.7. The van der Waals surface area contributed by atoms with Crippen LogP contribution < -0.4 is 5.32 Å². The van der Waals surface area contributed by atoms with Crippen molar-refractivity contribution in [3.63, 3.8) is 0 Å². The maximum Gasteiger partial charge on any atom is 0.241 e. The molecule has 1 heterocycles. The van der Waals surface area contributed by atoms with Crippen molar-refractivity contribution in [3.05, 3.63) is 29.0 Å². The molecular weight excluding hydrogens is 291 g/mol. The number of likely N-dealkylation sites (tertiary alicyclic amines) is 1. The lowest BCUT2D eigenvalue weighted by Crippen LogP contribution is -2.48. The molecule has 3 atom stereocenters. The van der Waals surface area contributed by atoms with E-state index in [2.05, 4.69) is 24.1 Å². The van der Waals surface area contributed by atoms with Crippen LogP contribution in [0.1, 0.15) is 27.2 Å². The minimum atomic E-state index is -0.412. The van der Waals surface area contributed by atoms with E-state index in [9.17, 15) is 9.18 Å². The van der Waals surface area contributed by atoms with Crippen LogP contribution in [0.4, 0.5) is 10.1 Å². The van der Waals surface area contributed by atoms with Gasteiger partial charge in [-0.2, -0.15) is 0 Å². The predicted octanol–water partition coefficient (Wildman–Crippen LogP) is 3.78. The van der Waals surface area contributed by atoms with Crippen molar-refractivity contribution in [1.82, 2.24) is 4.90 Å². The van der Waals surface area contributed by atoms with E-state index < -0.39 is 5.82 Å². The third kappa shape index (κ3) is 4.17. The van der Waals surface area contributed by atoms with E-state index in [4.69, 9.17) is 11.6 Å². The van der Waals surface area contributed by atoms with Gasteiger partial charge < -0.3 is 5.32 Å². The average molecular weight is 313 g/mol. The summed E-state index contributed by atoms with van der Waals surface area (Å²) < 4.78 is 13.0. The fraction of sp³-hybridized carbons (Fsp3) is 0.562. The molecule has 0 aromatic heterocycles. The van der Waals surface area contributed by atoms with Crippen LogP contribution in [0.3, 0.4) is 0 Å². The number of rotatable bonds is 3. The van der Waals surface area contributed by atoms with Crippen LogP contribution in [-0.2, 0) is 4.79 Å². The van der Waals surface area contributed by atoms with Gasteiger partial charge in [0.05, 0.1) is 16.8 Å². The van der Waals surface area contributed by atoms with Gasteiger partial charge in [-0.3, -0.25) is 9.69 Å². The molecule has 2 rings (SSSR count). The second kappa shape index (κ2) is 6.75. The van der Waals surface area contributed by atoms with Crippen LogP contribution in [0.15, 0.2) is 18.2 Å². The summed E-state index contributed by atoms with van der Waals surface area (Å²) in [5.41, 5.74) is 0.452. The Morgan fingerprint density at radius 1 is 1.38 bits per heavy atom. The molecular formula is C16H22ClFN2O. The fourth-order valence-corrected chi connectivity index (χ4v) is 3.24. The second-order valence-corrected chi connectivity index (χ2v) is 6.60. The summed E-state index contributed by atoms with van der Waals surface area (Å²) in [5, 5.41) is 3.00. The van der Waals surface area contributed by atoms with Crippen molar-refractivity contribution in [2.75, 3.05) is 18.4 Å². The van der Waals surface area contributed by atoms with E-state index >= 15 is 0 Å². The van der Waals surface area contributed by atoms with Gasteiger partial charge in [-0.05, 0) is 43.4 Å². The molecule has 0 spiro atoms. The molecule has 1 fully saturated rings. The van der Waals surface area contributed by atoms with Crippen molar-refractivity contribution in [3.8, 4) is 0 Å². The maximum absolute atomic E-state index is 13.0. The lowest BCUT2D eigenvalue weighted by molar-refractivity contribution is -0.121. The Hall–Kier alpha value is -1.13. The summed E-state index contributed by atoms with van der Waals surface area (Å²) in [6.07, 6.45) is 1.20. The Morgan fingerprint density at radius 2 is 2.00 bits per heavy atom. The Labute approximate surface area is 130 Å². The Bertz CT molecular complexity index is 513. The molecule has 1 aromatic carbocycles. The smallest absolute Gasteiger partial charge is 0.241 e. The van der Waals surface area contributed by atoms with E-state index in [1.807, 2.05) is 6.92 Å². The molecule has 1 aliphatic heterocycles. The van der Waals surface area contributed by atoms with Gasteiger partial charge >= 0.3 is 0 Å². The monoisotopic (exact) mass is 312 g/mol. The largest absolute Gasteiger partial charge is 0.323 e. The number of benzene rings is 1. The first-order valence-electron chi connectivity index (χ1n) is 7.36. The molecule has 1 amide bonds. The van der Waals surface area contributed by atoms with Gasteiger partial charge in [0, 0.05) is 13.1 Å². The molecule has 5 heteroatoms. The number of carbonyl (C=O) groups is 1. The van der Waals surface area contributed by atoms with Crippen LogP contribution in [0, 0.1) is 17.7 Å². The third-order valence-electron chi connectivity index (χ3n) is 4.01. The summed E-state index contributed by atoms with van der Waals surface area (Å²) >= 11 is 5.94. The first-order chi connectivity index (χ1) is 9.86. The number of hydrogen-bond acceptors (Lipinski definition) is 2. The molecule has 3 unspecified atom stereocenters. The zero-order chi connectivity index (χ0) is 15.6. The SMILES string of the molecule is CC1CC(C)CN(C(C)C(=O)Nc2ccc(F)cc2Cl)C1. The summed E-state index contributed by atoms with van der Waals surface area (Å²) in [7, 11) is 0. The first-order valence-corrected chi connectivity index (χ1v) is 7.74. The molecule has 1 saturated heterocycles. The summed E-state index contributed by atoms with van der Waals surface area (Å²) in [5.74, 6) is 0.673. The molecule has 116 valence electrons. The minimum Gasteiger partial charge on any atom is -0.323 e. The number of amides is 1. The molecule has 0 aliphatic carbocycles. The number of nitrogens with one attached hydrogen (secondary N) is 1. The van der Waals surface area contributed by atoms with E-state index in [-0.39, 0.29) is 17.0 Å². The molecule has 3 nitrogen and oxygen atoms in total. The van der Waals surface area contributed by atoms with Gasteiger partial charge in [0.25, 0.3) is 0 Å². The van der Waals surface area contributed by atoms with Crippen LogP contribution in [-0.4, -0.2) is 29.9 Å². The normalized spacial score (nSPS) is 24.6. The highest BCUT2D eigenvalue weighted by atomic mass is 35.5. The first kappa shape index (κ1) is 16.2. The van der Waals surface area contributed by atoms with Crippen molar-refractivity contribution in [1.29, 1.82) is 0 Å². The van der Waals surface area contributed by atoms with Crippen LogP contribution in [0.25, 0.3) is 0 Å². The Kier molecular flexibility index (Phi) is 5.22. The highest BCUT2D eigenvalue weighted by molar-refractivity contribution is 6.33. The van der Waals surface area contributed by atoms with Gasteiger partial charge in [-0.1, -0.05) is 25.4 Å². The van der Waals surface area contributed by atoms with Crippen molar-refractivity contribution >= 4 is 23.2 Å². The quantitative estimate of drug-likeness (QED) is 0.921. The number of hydrogen-bond donors (Lipinski definition) is 1. The molecule has 21 heavy (non-hydrogen) atoms. The topological polar surface area (TPSA) is 32.3 Å². The number of piperidine rings is 1. The van der Waals surface area contributed by atoms with Crippen molar-refractivity contribution in [2.45, 2.75) is 33.2 Å². The maximum atomic E-state index is 13.0. The molecule has 0 radical (unpaired) electrons. The molecule has 1 aliphatic rings. The summed E-state index contributed by atoms with van der Waals surface area (Å²) in [6, 6.07) is 3.75. The Balaban J connectivity index is 2.02. The van der Waals surface area contributed by atoms with Crippen molar-refractivity contribution in [2.24, 2.45) is 11.8 Å². The highest BCUT2D eigenvalue weighted by Crippen LogP contribution is 2.25. The summed E-state index contributed by atoms with van der Waals surface area (Å²) in [4.78, 5) is 14.6. The van der Waals surface area contributed by atoms with E-state index in [1.165, 1.54) is 24.6 Å². The summed E-state index contributed by atoms with van der Waals surface area (Å²) in [6.45, 7) is 8.18. The number of halogens is 2. The number of carbonyl (C=O) groups excluding carboxylic acids is 1. The third-order valence-corrected chi connectivity index (χ3v) is 4.33. The highest BCUT2D eigenvalue weighted by Gasteiger charge is 2.28. The molecule has 0 saturated carbocycles. The lowest BCUT2D eigenvalue weighted by Gasteiger charge is -2.38.